The number of carbonyl (C=O) groups is 1. The molecule has 3 N–H and O–H groups in total. The molecule has 246 valence electrons. The average molecular weight is 691 g/mol. The van der Waals surface area contributed by atoms with Crippen LogP contribution in [-0.4, -0.2) is 46.8 Å². The molecule has 0 atom stereocenters. The van der Waals surface area contributed by atoms with Crippen molar-refractivity contribution in [3.8, 4) is 6.01 Å². The van der Waals surface area contributed by atoms with Crippen LogP contribution >= 0.6 is 11.6 Å². The van der Waals surface area contributed by atoms with E-state index in [1.165, 1.54) is 42.5 Å². The Labute approximate surface area is 272 Å². The smallest absolute Gasteiger partial charge is 0.422 e. The van der Waals surface area contributed by atoms with Crippen molar-refractivity contribution in [3.63, 3.8) is 0 Å². The fraction of sp³-hybridized carbons (Fsp3) is 0.290. The lowest BCUT2D eigenvalue weighted by atomic mass is 10.1. The summed E-state index contributed by atoms with van der Waals surface area (Å²) in [5.41, 5.74) is 0.949. The van der Waals surface area contributed by atoms with Gasteiger partial charge in [0.05, 0.1) is 10.3 Å². The van der Waals surface area contributed by atoms with Crippen molar-refractivity contribution in [2.75, 3.05) is 17.2 Å². The maximum atomic E-state index is 14.2. The summed E-state index contributed by atoms with van der Waals surface area (Å²) in [6, 6.07) is 18.0. The standard InChI is InChI=1S/C31H27ClF4N6O4S/c32-22-9-7-21(8-10-22)30(15-16-30)41-27-38-26(39-28(40-27)46-18-31(34,35)36)37-23-11-5-19(6-12-23)25(43)42-47(44,45)29(13-14-29)17-20-3-1-2-4-24(20)33/h1-12H,13-18H2,(H,42,43)(H2,37,38,39,40,41). The molecule has 0 saturated heterocycles. The van der Waals surface area contributed by atoms with Gasteiger partial charge >= 0.3 is 12.2 Å². The molecule has 1 heterocycles. The number of amides is 1. The summed E-state index contributed by atoms with van der Waals surface area (Å²) in [5.74, 6) is -1.56. The second-order valence-electron chi connectivity index (χ2n) is 11.5. The number of alkyl halides is 3. The number of aromatic nitrogens is 3. The van der Waals surface area contributed by atoms with E-state index >= 15 is 0 Å². The highest BCUT2D eigenvalue weighted by Gasteiger charge is 2.55. The van der Waals surface area contributed by atoms with E-state index in [0.29, 0.717) is 23.6 Å². The first-order valence-electron chi connectivity index (χ1n) is 14.4. The van der Waals surface area contributed by atoms with Gasteiger partial charge in [-0.1, -0.05) is 41.9 Å². The van der Waals surface area contributed by atoms with Crippen LogP contribution in [0.15, 0.2) is 72.8 Å². The van der Waals surface area contributed by atoms with Crippen molar-refractivity contribution in [1.29, 1.82) is 0 Å². The van der Waals surface area contributed by atoms with Gasteiger partial charge in [-0.2, -0.15) is 28.1 Å². The number of hydrogen-bond acceptors (Lipinski definition) is 9. The summed E-state index contributed by atoms with van der Waals surface area (Å²) in [6.07, 6.45) is -2.70. The Morgan fingerprint density at radius 1 is 0.894 bits per heavy atom. The molecule has 2 aliphatic rings. The predicted molar refractivity (Wildman–Crippen MR) is 166 cm³/mol. The summed E-state index contributed by atoms with van der Waals surface area (Å²) >= 11 is 6.01. The maximum absolute atomic E-state index is 14.2. The fourth-order valence-corrected chi connectivity index (χ4v) is 6.75. The summed E-state index contributed by atoms with van der Waals surface area (Å²) in [7, 11) is -4.14. The van der Waals surface area contributed by atoms with Crippen molar-refractivity contribution >= 4 is 45.1 Å². The number of nitrogens with one attached hydrogen (secondary N) is 3. The number of anilines is 3. The highest BCUT2D eigenvalue weighted by Crippen LogP contribution is 2.48. The minimum atomic E-state index is -4.63. The molecule has 10 nitrogen and oxygen atoms in total. The van der Waals surface area contributed by atoms with Crippen molar-refractivity contribution in [1.82, 2.24) is 19.7 Å². The lowest BCUT2D eigenvalue weighted by Crippen LogP contribution is -2.41. The highest BCUT2D eigenvalue weighted by molar-refractivity contribution is 7.91. The van der Waals surface area contributed by atoms with Crippen molar-refractivity contribution in [2.24, 2.45) is 0 Å². The number of halogens is 5. The van der Waals surface area contributed by atoms with Gasteiger partial charge in [0.2, 0.25) is 21.9 Å². The summed E-state index contributed by atoms with van der Waals surface area (Å²) < 4.78 is 84.7. The van der Waals surface area contributed by atoms with E-state index in [0.717, 1.165) is 5.56 Å². The molecular weight excluding hydrogens is 664 g/mol. The molecule has 16 heteroatoms. The molecule has 0 spiro atoms. The van der Waals surface area contributed by atoms with Gasteiger partial charge in [0, 0.05) is 16.3 Å². The molecule has 2 fully saturated rings. The second kappa shape index (κ2) is 12.3. The van der Waals surface area contributed by atoms with E-state index in [2.05, 4.69) is 30.3 Å². The quantitative estimate of drug-likeness (QED) is 0.147. The molecule has 4 aromatic rings. The molecule has 1 amide bonds. The van der Waals surface area contributed by atoms with Crippen LogP contribution in [0.5, 0.6) is 6.01 Å². The van der Waals surface area contributed by atoms with E-state index in [1.807, 2.05) is 12.1 Å². The number of benzene rings is 3. The minimum Gasteiger partial charge on any atom is -0.454 e. The van der Waals surface area contributed by atoms with Crippen molar-refractivity contribution in [2.45, 2.75) is 48.6 Å². The predicted octanol–water partition coefficient (Wildman–Crippen LogP) is 6.28. The Balaban J connectivity index is 1.16. The first kappa shape index (κ1) is 32.4. The molecule has 0 radical (unpaired) electrons. The van der Waals surface area contributed by atoms with Gasteiger partial charge in [0.15, 0.2) is 6.61 Å². The number of rotatable bonds is 12. The van der Waals surface area contributed by atoms with Crippen LogP contribution in [0.1, 0.15) is 47.2 Å². The third-order valence-electron chi connectivity index (χ3n) is 7.96. The van der Waals surface area contributed by atoms with Crippen LogP contribution in [0.25, 0.3) is 0 Å². The minimum absolute atomic E-state index is 0.0201. The van der Waals surface area contributed by atoms with Crippen LogP contribution in [0.2, 0.25) is 5.02 Å². The Morgan fingerprint density at radius 3 is 2.17 bits per heavy atom. The molecule has 47 heavy (non-hydrogen) atoms. The molecule has 2 saturated carbocycles. The topological polar surface area (TPSA) is 135 Å². The third kappa shape index (κ3) is 7.57. The van der Waals surface area contributed by atoms with E-state index in [-0.39, 0.29) is 42.3 Å². The van der Waals surface area contributed by atoms with Crippen LogP contribution in [-0.2, 0) is 22.0 Å². The van der Waals surface area contributed by atoms with Gasteiger partial charge in [-0.05, 0) is 85.7 Å². The summed E-state index contributed by atoms with van der Waals surface area (Å²) in [6.45, 7) is -1.62. The van der Waals surface area contributed by atoms with Gasteiger partial charge < -0.3 is 15.4 Å². The van der Waals surface area contributed by atoms with Gasteiger partial charge in [-0.25, -0.2) is 17.5 Å². The lowest BCUT2D eigenvalue weighted by molar-refractivity contribution is -0.154. The van der Waals surface area contributed by atoms with Gasteiger partial charge in [0.25, 0.3) is 5.91 Å². The SMILES string of the molecule is O=C(NS(=O)(=O)C1(Cc2ccccc2F)CC1)c1ccc(Nc2nc(NC3(c4ccc(Cl)cc4)CC3)nc(OCC(F)(F)F)n2)cc1. The zero-order chi connectivity index (χ0) is 33.5. The molecule has 0 bridgehead atoms. The normalized spacial score (nSPS) is 16.2. The number of hydrogen-bond donors (Lipinski definition) is 3. The molecule has 2 aliphatic carbocycles. The molecule has 0 aliphatic heterocycles. The number of sulfonamides is 1. The summed E-state index contributed by atoms with van der Waals surface area (Å²) in [4.78, 5) is 25.2. The Bertz CT molecular complexity index is 1900. The third-order valence-corrected chi connectivity index (χ3v) is 10.4. The molecule has 1 aromatic heterocycles. The van der Waals surface area contributed by atoms with Crippen LogP contribution < -0.4 is 20.1 Å². The lowest BCUT2D eigenvalue weighted by Gasteiger charge is -2.19. The average Bonchev–Trinajstić information content (AvgIpc) is 3.95. The highest BCUT2D eigenvalue weighted by atomic mass is 35.5. The van der Waals surface area contributed by atoms with E-state index in [4.69, 9.17) is 16.3 Å². The Hall–Kier alpha value is -4.50. The Morgan fingerprint density at radius 2 is 1.55 bits per heavy atom. The first-order chi connectivity index (χ1) is 22.2. The number of carbonyl (C=O) groups excluding carboxylic acids is 1. The Kier molecular flexibility index (Phi) is 8.47. The number of nitrogens with zero attached hydrogens (tertiary/aromatic N) is 3. The zero-order valence-electron chi connectivity index (χ0n) is 24.4. The van der Waals surface area contributed by atoms with Gasteiger partial charge in [0.1, 0.15) is 5.82 Å². The van der Waals surface area contributed by atoms with Crippen LogP contribution in [0, 0.1) is 5.82 Å². The monoisotopic (exact) mass is 690 g/mol. The maximum Gasteiger partial charge on any atom is 0.422 e. The first-order valence-corrected chi connectivity index (χ1v) is 16.3. The van der Waals surface area contributed by atoms with E-state index in [1.54, 1.807) is 18.2 Å². The van der Waals surface area contributed by atoms with Crippen molar-refractivity contribution < 1.29 is 35.5 Å². The van der Waals surface area contributed by atoms with Crippen LogP contribution in [0.3, 0.4) is 0 Å². The molecule has 0 unspecified atom stereocenters. The van der Waals surface area contributed by atoms with Gasteiger partial charge in [-0.15, -0.1) is 0 Å². The zero-order valence-corrected chi connectivity index (χ0v) is 26.0. The van der Waals surface area contributed by atoms with Crippen molar-refractivity contribution in [3.05, 3.63) is 100 Å². The molecule has 3 aromatic carbocycles. The number of ether oxygens (including phenoxy) is 1. The fourth-order valence-electron chi connectivity index (χ4n) is 5.07. The van der Waals surface area contributed by atoms with E-state index in [9.17, 15) is 30.8 Å². The van der Waals surface area contributed by atoms with Crippen LogP contribution in [0.4, 0.5) is 35.1 Å². The van der Waals surface area contributed by atoms with E-state index < -0.39 is 50.8 Å². The second-order valence-corrected chi connectivity index (χ2v) is 14.0. The molecule has 6 rings (SSSR count). The molecular formula is C31H27ClF4N6O4S. The summed E-state index contributed by atoms with van der Waals surface area (Å²) in [5, 5.41) is 6.57. The van der Waals surface area contributed by atoms with Gasteiger partial charge in [-0.3, -0.25) is 4.79 Å². The largest absolute Gasteiger partial charge is 0.454 e.